The van der Waals surface area contributed by atoms with Crippen molar-refractivity contribution < 1.29 is 29.0 Å². The van der Waals surface area contributed by atoms with Gasteiger partial charge in [0, 0.05) is 11.3 Å². The molecule has 0 aromatic heterocycles. The topological polar surface area (TPSA) is 113 Å². The lowest BCUT2D eigenvalue weighted by molar-refractivity contribution is 0.162. The first-order valence-corrected chi connectivity index (χ1v) is 15.2. The molecule has 1 aliphatic rings. The minimum absolute atomic E-state index is 0.0651. The molecule has 5 N–H and O–H groups in total. The van der Waals surface area contributed by atoms with Gasteiger partial charge in [0.25, 0.3) is 0 Å². The minimum Gasteiger partial charge on any atom is -0.508 e. The van der Waals surface area contributed by atoms with Crippen LogP contribution in [0, 0.1) is 5.82 Å². The van der Waals surface area contributed by atoms with Crippen molar-refractivity contribution in [2.45, 2.75) is 37.5 Å². The Morgan fingerprint density at radius 2 is 1.59 bits per heavy atom. The van der Waals surface area contributed by atoms with Crippen LogP contribution < -0.4 is 15.5 Å². The SMILES string of the molecule is O=P(O)(O)c1ccc(-c2ccc([C@@H]3[C@@H](CCCC(O)c4ccc(F)cc4)NC(=S)N3c3ccccc3)c(O)c2)cc1. The Labute approximate surface area is 243 Å². The van der Waals surface area contributed by atoms with Crippen molar-refractivity contribution in [1.29, 1.82) is 0 Å². The molecule has 1 unspecified atom stereocenters. The normalized spacial score (nSPS) is 17.9. The third kappa shape index (κ3) is 6.50. The smallest absolute Gasteiger partial charge is 0.356 e. The fourth-order valence-corrected chi connectivity index (χ4v) is 6.18. The van der Waals surface area contributed by atoms with Gasteiger partial charge in [0.15, 0.2) is 5.11 Å². The molecule has 212 valence electrons. The number of thiocarbonyl (C=S) groups is 1. The summed E-state index contributed by atoms with van der Waals surface area (Å²) >= 11 is 5.74. The van der Waals surface area contributed by atoms with Gasteiger partial charge < -0.3 is 30.2 Å². The highest BCUT2D eigenvalue weighted by atomic mass is 32.1. The van der Waals surface area contributed by atoms with Crippen molar-refractivity contribution in [2.24, 2.45) is 0 Å². The van der Waals surface area contributed by atoms with Crippen molar-refractivity contribution in [3.05, 3.63) is 114 Å². The second-order valence-corrected chi connectivity index (χ2v) is 12.1. The number of anilines is 1. The van der Waals surface area contributed by atoms with Crippen LogP contribution in [-0.2, 0) is 4.57 Å². The van der Waals surface area contributed by atoms with Gasteiger partial charge in [-0.2, -0.15) is 0 Å². The van der Waals surface area contributed by atoms with Gasteiger partial charge in [0.1, 0.15) is 11.6 Å². The van der Waals surface area contributed by atoms with E-state index in [1.165, 1.54) is 24.3 Å². The molecule has 1 saturated heterocycles. The van der Waals surface area contributed by atoms with E-state index in [4.69, 9.17) is 12.2 Å². The summed E-state index contributed by atoms with van der Waals surface area (Å²) < 4.78 is 24.8. The average Bonchev–Trinajstić information content (AvgIpc) is 3.28. The number of halogens is 1. The van der Waals surface area contributed by atoms with Crippen LogP contribution in [0.3, 0.4) is 0 Å². The van der Waals surface area contributed by atoms with E-state index in [1.807, 2.05) is 47.4 Å². The number of nitrogens with one attached hydrogen (secondary N) is 1. The van der Waals surface area contributed by atoms with E-state index < -0.39 is 13.7 Å². The largest absolute Gasteiger partial charge is 0.508 e. The molecule has 4 aromatic carbocycles. The van der Waals surface area contributed by atoms with Crippen molar-refractivity contribution in [3.63, 3.8) is 0 Å². The Kier molecular flexibility index (Phi) is 8.54. The Morgan fingerprint density at radius 3 is 2.22 bits per heavy atom. The number of phenolic OH excluding ortho intramolecular Hbond substituents is 1. The Morgan fingerprint density at radius 1 is 0.927 bits per heavy atom. The molecule has 1 heterocycles. The molecule has 1 fully saturated rings. The minimum atomic E-state index is -4.35. The van der Waals surface area contributed by atoms with Crippen LogP contribution in [0.15, 0.2) is 97.1 Å². The fourth-order valence-electron chi connectivity index (χ4n) is 5.27. The molecule has 0 bridgehead atoms. The zero-order valence-corrected chi connectivity index (χ0v) is 23.7. The molecule has 5 rings (SSSR count). The molecule has 4 aromatic rings. The lowest BCUT2D eigenvalue weighted by Gasteiger charge is -2.29. The highest BCUT2D eigenvalue weighted by Gasteiger charge is 2.40. The second kappa shape index (κ2) is 12.1. The first-order chi connectivity index (χ1) is 19.6. The van der Waals surface area contributed by atoms with E-state index in [0.29, 0.717) is 46.6 Å². The quantitative estimate of drug-likeness (QED) is 0.124. The molecule has 0 spiro atoms. The molecule has 0 saturated carbocycles. The van der Waals surface area contributed by atoms with E-state index >= 15 is 0 Å². The van der Waals surface area contributed by atoms with E-state index in [0.717, 1.165) is 5.69 Å². The van der Waals surface area contributed by atoms with Gasteiger partial charge in [-0.3, -0.25) is 4.57 Å². The fraction of sp³-hybridized carbons (Fsp3) is 0.194. The summed E-state index contributed by atoms with van der Waals surface area (Å²) in [6, 6.07) is 26.4. The Bertz CT molecular complexity index is 1560. The third-order valence-corrected chi connectivity index (χ3v) is 8.64. The Hall–Kier alpha value is -3.59. The monoisotopic (exact) mass is 592 g/mol. The standard InChI is InChI=1S/C31H30FN2O5PS/c32-23-14-9-21(10-15-23)28(35)8-4-7-27-30(34(31(41)33-27)24-5-2-1-3-6-24)26-18-13-22(19-29(26)36)20-11-16-25(17-12-20)40(37,38)39/h1-3,5-6,9-19,27-28,30,35-36H,4,7-8H2,(H,33,41)(H2,37,38,39)/t27-,28?,30-/m1/s1. The van der Waals surface area contributed by atoms with Crippen molar-refractivity contribution >= 4 is 35.9 Å². The van der Waals surface area contributed by atoms with Crippen LogP contribution >= 0.6 is 19.8 Å². The molecule has 3 atom stereocenters. The maximum Gasteiger partial charge on any atom is 0.356 e. The maximum absolute atomic E-state index is 13.3. The number of phenols is 1. The number of hydrogen-bond acceptors (Lipinski definition) is 4. The van der Waals surface area contributed by atoms with E-state index in [2.05, 4.69) is 5.32 Å². The summed E-state index contributed by atoms with van der Waals surface area (Å²) in [4.78, 5) is 20.8. The predicted octanol–water partition coefficient (Wildman–Crippen LogP) is 5.71. The lowest BCUT2D eigenvalue weighted by Crippen LogP contribution is -2.29. The summed E-state index contributed by atoms with van der Waals surface area (Å²) in [5, 5.41) is 25.8. The van der Waals surface area contributed by atoms with Crippen LogP contribution in [-0.4, -0.2) is 31.2 Å². The highest BCUT2D eigenvalue weighted by Crippen LogP contribution is 2.41. The van der Waals surface area contributed by atoms with Crippen LogP contribution in [0.1, 0.15) is 42.5 Å². The van der Waals surface area contributed by atoms with Gasteiger partial charge in [-0.25, -0.2) is 4.39 Å². The van der Waals surface area contributed by atoms with Gasteiger partial charge in [-0.15, -0.1) is 0 Å². The first-order valence-electron chi connectivity index (χ1n) is 13.2. The third-order valence-electron chi connectivity index (χ3n) is 7.35. The second-order valence-electron chi connectivity index (χ2n) is 10.1. The number of aliphatic hydroxyl groups excluding tert-OH is 1. The zero-order chi connectivity index (χ0) is 29.1. The molecule has 0 radical (unpaired) electrons. The summed E-state index contributed by atoms with van der Waals surface area (Å²) in [6.45, 7) is 0. The number of rotatable bonds is 9. The van der Waals surface area contributed by atoms with E-state index in [-0.39, 0.29) is 29.0 Å². The summed E-state index contributed by atoms with van der Waals surface area (Å²) in [6.07, 6.45) is 1.06. The maximum atomic E-state index is 13.3. The first kappa shape index (κ1) is 28.9. The van der Waals surface area contributed by atoms with Crippen molar-refractivity contribution in [3.8, 4) is 16.9 Å². The Balaban J connectivity index is 1.40. The van der Waals surface area contributed by atoms with Crippen LogP contribution in [0.4, 0.5) is 10.1 Å². The van der Waals surface area contributed by atoms with E-state index in [9.17, 15) is 29.0 Å². The molecular weight excluding hydrogens is 562 g/mol. The molecule has 0 amide bonds. The number of hydrogen-bond donors (Lipinski definition) is 5. The number of aliphatic hydroxyl groups is 1. The summed E-state index contributed by atoms with van der Waals surface area (Å²) in [5.74, 6) is -0.284. The van der Waals surface area contributed by atoms with E-state index in [1.54, 1.807) is 30.3 Å². The zero-order valence-electron chi connectivity index (χ0n) is 22.0. The number of benzene rings is 4. The van der Waals surface area contributed by atoms with Crippen LogP contribution in [0.25, 0.3) is 11.1 Å². The van der Waals surface area contributed by atoms with Gasteiger partial charge in [0.2, 0.25) is 0 Å². The number of nitrogens with zero attached hydrogens (tertiary/aromatic N) is 1. The summed E-state index contributed by atoms with van der Waals surface area (Å²) in [7, 11) is -4.35. The average molecular weight is 593 g/mol. The molecule has 10 heteroatoms. The lowest BCUT2D eigenvalue weighted by atomic mass is 9.92. The van der Waals surface area contributed by atoms with Crippen molar-refractivity contribution in [2.75, 3.05) is 4.90 Å². The molecule has 41 heavy (non-hydrogen) atoms. The van der Waals surface area contributed by atoms with Crippen LogP contribution in [0.2, 0.25) is 0 Å². The predicted molar refractivity (Wildman–Crippen MR) is 162 cm³/mol. The molecule has 7 nitrogen and oxygen atoms in total. The van der Waals surface area contributed by atoms with Gasteiger partial charge >= 0.3 is 7.60 Å². The summed E-state index contributed by atoms with van der Waals surface area (Å²) in [5.41, 5.74) is 3.60. The number of aromatic hydroxyl groups is 1. The number of para-hydroxylation sites is 1. The van der Waals surface area contributed by atoms with Gasteiger partial charge in [-0.05, 0) is 90.6 Å². The molecule has 0 aliphatic carbocycles. The van der Waals surface area contributed by atoms with Crippen LogP contribution in [0.5, 0.6) is 5.75 Å². The molecule has 1 aliphatic heterocycles. The molecular formula is C31H30FN2O5PS. The highest BCUT2D eigenvalue weighted by molar-refractivity contribution is 7.80. The van der Waals surface area contributed by atoms with Gasteiger partial charge in [-0.1, -0.05) is 54.6 Å². The van der Waals surface area contributed by atoms with Gasteiger partial charge in [0.05, 0.1) is 23.5 Å². The van der Waals surface area contributed by atoms with Crippen molar-refractivity contribution in [1.82, 2.24) is 5.32 Å².